The monoisotopic (exact) mass is 289 g/mol. The van der Waals surface area contributed by atoms with Crippen molar-refractivity contribution in [2.45, 2.75) is 19.5 Å². The lowest BCUT2D eigenvalue weighted by Gasteiger charge is -2.11. The van der Waals surface area contributed by atoms with Crippen LogP contribution in [0.4, 0.5) is 0 Å². The molecule has 1 unspecified atom stereocenters. The van der Waals surface area contributed by atoms with E-state index < -0.39 is 0 Å². The van der Waals surface area contributed by atoms with Crippen molar-refractivity contribution in [3.05, 3.63) is 52.4 Å². The number of hydrogen-bond donors (Lipinski definition) is 1. The highest BCUT2D eigenvalue weighted by Crippen LogP contribution is 2.17. The molecule has 0 saturated heterocycles. The molecule has 112 valence electrons. The summed E-state index contributed by atoms with van der Waals surface area (Å²) in [5.41, 5.74) is 6.25. The van der Waals surface area contributed by atoms with Gasteiger partial charge in [0.2, 0.25) is 0 Å². The molecule has 0 bridgehead atoms. The average molecular weight is 289 g/mol. The van der Waals surface area contributed by atoms with E-state index in [-0.39, 0.29) is 11.6 Å². The van der Waals surface area contributed by atoms with Crippen molar-refractivity contribution in [1.29, 1.82) is 0 Å². The molecule has 1 atom stereocenters. The third kappa shape index (κ3) is 4.06. The third-order valence-electron chi connectivity index (χ3n) is 2.87. The highest BCUT2D eigenvalue weighted by Gasteiger charge is 2.06. The van der Waals surface area contributed by atoms with Gasteiger partial charge in [0.15, 0.2) is 0 Å². The molecule has 1 heterocycles. The second-order valence-corrected chi connectivity index (χ2v) is 4.79. The van der Waals surface area contributed by atoms with Gasteiger partial charge in [0.05, 0.1) is 19.9 Å². The molecular weight excluding hydrogens is 270 g/mol. The van der Waals surface area contributed by atoms with Crippen molar-refractivity contribution in [1.82, 2.24) is 9.78 Å². The molecule has 1 aromatic carbocycles. The summed E-state index contributed by atoms with van der Waals surface area (Å²) in [6, 6.07) is 8.83. The maximum Gasteiger partial charge on any atom is 0.270 e. The van der Waals surface area contributed by atoms with E-state index in [0.717, 1.165) is 11.3 Å². The zero-order valence-electron chi connectivity index (χ0n) is 12.2. The number of hydrogen-bond acceptors (Lipinski definition) is 5. The topological polar surface area (TPSA) is 79.4 Å². The number of benzene rings is 1. The Kier molecular flexibility index (Phi) is 4.94. The predicted molar refractivity (Wildman–Crippen MR) is 79.7 cm³/mol. The molecule has 2 aromatic rings. The Bertz CT molecular complexity index is 653. The third-order valence-corrected chi connectivity index (χ3v) is 2.87. The highest BCUT2D eigenvalue weighted by atomic mass is 16.5. The number of nitrogens with two attached hydrogens (primary N) is 1. The quantitative estimate of drug-likeness (QED) is 0.859. The van der Waals surface area contributed by atoms with Gasteiger partial charge in [-0.15, -0.1) is 0 Å². The van der Waals surface area contributed by atoms with Crippen LogP contribution < -0.4 is 20.8 Å². The number of ether oxygens (including phenoxy) is 2. The fraction of sp³-hybridized carbons (Fsp3) is 0.333. The van der Waals surface area contributed by atoms with Crippen LogP contribution in [0.1, 0.15) is 12.5 Å². The van der Waals surface area contributed by atoms with Crippen LogP contribution in [0.5, 0.6) is 11.5 Å². The van der Waals surface area contributed by atoms with Gasteiger partial charge >= 0.3 is 0 Å². The number of nitrogens with zero attached hydrogens (tertiary/aromatic N) is 2. The lowest BCUT2D eigenvalue weighted by molar-refractivity contribution is 0.293. The first-order valence-corrected chi connectivity index (χ1v) is 6.67. The molecule has 0 spiro atoms. The lowest BCUT2D eigenvalue weighted by atomic mass is 10.2. The summed E-state index contributed by atoms with van der Waals surface area (Å²) in [5, 5.41) is 4.11. The first-order valence-electron chi connectivity index (χ1n) is 6.67. The van der Waals surface area contributed by atoms with Crippen LogP contribution in [-0.2, 0) is 6.54 Å². The first-order chi connectivity index (χ1) is 10.1. The minimum absolute atomic E-state index is 0.0963. The van der Waals surface area contributed by atoms with Crippen molar-refractivity contribution < 1.29 is 9.47 Å². The largest absolute Gasteiger partial charge is 0.496 e. The summed E-state index contributed by atoms with van der Waals surface area (Å²) in [6.07, 6.45) is 1.51. The zero-order valence-corrected chi connectivity index (χ0v) is 12.2. The van der Waals surface area contributed by atoms with Gasteiger partial charge in [-0.2, -0.15) is 5.10 Å². The van der Waals surface area contributed by atoms with Crippen LogP contribution in [0.15, 0.2) is 41.3 Å². The first kappa shape index (κ1) is 15.1. The Labute approximate surface area is 123 Å². The van der Waals surface area contributed by atoms with Crippen LogP contribution >= 0.6 is 0 Å². The minimum atomic E-state index is -0.233. The van der Waals surface area contributed by atoms with E-state index in [0.29, 0.717) is 18.9 Å². The molecule has 2 N–H and O–H groups in total. The molecule has 0 radical (unpaired) electrons. The molecular formula is C15H19N3O3. The van der Waals surface area contributed by atoms with Crippen LogP contribution in [0.25, 0.3) is 0 Å². The Morgan fingerprint density at radius 2 is 2.14 bits per heavy atom. The van der Waals surface area contributed by atoms with Gasteiger partial charge < -0.3 is 15.2 Å². The Balaban J connectivity index is 2.16. The van der Waals surface area contributed by atoms with Gasteiger partial charge in [-0.1, -0.05) is 18.2 Å². The summed E-state index contributed by atoms with van der Waals surface area (Å²) < 4.78 is 12.0. The van der Waals surface area contributed by atoms with Crippen LogP contribution in [0, 0.1) is 0 Å². The number of aromatic nitrogens is 2. The van der Waals surface area contributed by atoms with Gasteiger partial charge in [0.1, 0.15) is 18.1 Å². The Hall–Kier alpha value is -2.34. The van der Waals surface area contributed by atoms with Crippen molar-refractivity contribution >= 4 is 0 Å². The second-order valence-electron chi connectivity index (χ2n) is 4.79. The standard InChI is InChI=1S/C15H19N3O3/c1-11(16)10-21-13-7-15(19)18(17-8-13)9-12-5-3-4-6-14(12)20-2/h3-8,11H,9-10,16H2,1-2H3. The number of methoxy groups -OCH3 is 1. The average Bonchev–Trinajstić information content (AvgIpc) is 2.48. The SMILES string of the molecule is COc1ccccc1Cn1ncc(OCC(C)N)cc1=O. The van der Waals surface area contributed by atoms with E-state index in [4.69, 9.17) is 15.2 Å². The predicted octanol–water partition coefficient (Wildman–Crippen LogP) is 1.03. The van der Waals surface area contributed by atoms with E-state index in [1.54, 1.807) is 7.11 Å². The summed E-state index contributed by atoms with van der Waals surface area (Å²) >= 11 is 0. The fourth-order valence-electron chi connectivity index (χ4n) is 1.84. The molecule has 0 fully saturated rings. The van der Waals surface area contributed by atoms with E-state index in [9.17, 15) is 4.79 Å². The molecule has 2 rings (SSSR count). The van der Waals surface area contributed by atoms with E-state index in [1.807, 2.05) is 31.2 Å². The van der Waals surface area contributed by atoms with Crippen molar-refractivity contribution in [3.63, 3.8) is 0 Å². The van der Waals surface area contributed by atoms with E-state index >= 15 is 0 Å². The lowest BCUT2D eigenvalue weighted by Crippen LogP contribution is -2.26. The summed E-state index contributed by atoms with van der Waals surface area (Å²) in [4.78, 5) is 12.0. The summed E-state index contributed by atoms with van der Waals surface area (Å²) in [5.74, 6) is 1.15. The second kappa shape index (κ2) is 6.90. The number of para-hydroxylation sites is 1. The maximum absolute atomic E-state index is 12.0. The normalized spacial score (nSPS) is 12.0. The van der Waals surface area contributed by atoms with Gasteiger partial charge in [-0.05, 0) is 13.0 Å². The molecule has 0 aliphatic carbocycles. The van der Waals surface area contributed by atoms with E-state index in [2.05, 4.69) is 5.10 Å². The molecule has 6 nitrogen and oxygen atoms in total. The summed E-state index contributed by atoms with van der Waals surface area (Å²) in [6.45, 7) is 2.52. The molecule has 0 saturated carbocycles. The number of rotatable bonds is 6. The molecule has 0 aliphatic heterocycles. The smallest absolute Gasteiger partial charge is 0.270 e. The molecule has 0 aliphatic rings. The van der Waals surface area contributed by atoms with Gasteiger partial charge in [-0.3, -0.25) is 4.79 Å². The van der Waals surface area contributed by atoms with Gasteiger partial charge in [0, 0.05) is 17.7 Å². The Morgan fingerprint density at radius 1 is 1.38 bits per heavy atom. The molecule has 0 amide bonds. The zero-order chi connectivity index (χ0) is 15.2. The van der Waals surface area contributed by atoms with Crippen LogP contribution in [-0.4, -0.2) is 29.5 Å². The molecule has 21 heavy (non-hydrogen) atoms. The minimum Gasteiger partial charge on any atom is -0.496 e. The van der Waals surface area contributed by atoms with Crippen LogP contribution in [0.3, 0.4) is 0 Å². The van der Waals surface area contributed by atoms with Crippen molar-refractivity contribution in [3.8, 4) is 11.5 Å². The Morgan fingerprint density at radius 3 is 2.81 bits per heavy atom. The van der Waals surface area contributed by atoms with E-state index in [1.165, 1.54) is 16.9 Å². The van der Waals surface area contributed by atoms with Crippen molar-refractivity contribution in [2.75, 3.05) is 13.7 Å². The fourth-order valence-corrected chi connectivity index (χ4v) is 1.84. The van der Waals surface area contributed by atoms with Crippen molar-refractivity contribution in [2.24, 2.45) is 5.73 Å². The van der Waals surface area contributed by atoms with Gasteiger partial charge in [-0.25, -0.2) is 4.68 Å². The van der Waals surface area contributed by atoms with Crippen LogP contribution in [0.2, 0.25) is 0 Å². The van der Waals surface area contributed by atoms with Gasteiger partial charge in [0.25, 0.3) is 5.56 Å². The summed E-state index contributed by atoms with van der Waals surface area (Å²) in [7, 11) is 1.60. The molecule has 1 aromatic heterocycles. The maximum atomic E-state index is 12.0. The highest BCUT2D eigenvalue weighted by molar-refractivity contribution is 5.33. The molecule has 6 heteroatoms.